The van der Waals surface area contributed by atoms with Gasteiger partial charge in [-0.2, -0.15) is 5.26 Å². The van der Waals surface area contributed by atoms with Crippen LogP contribution in [0.5, 0.6) is 11.5 Å². The predicted molar refractivity (Wildman–Crippen MR) is 114 cm³/mol. The SMILES string of the molecule is N#CC1=C(N)Oc2cc(OC(=O)c3ccccc3Cl)ccc2C1c1ccc(Cl)cc1. The molecule has 0 aliphatic carbocycles. The smallest absolute Gasteiger partial charge is 0.345 e. The van der Waals surface area contributed by atoms with E-state index >= 15 is 0 Å². The molecule has 0 saturated heterocycles. The fourth-order valence-electron chi connectivity index (χ4n) is 3.29. The van der Waals surface area contributed by atoms with E-state index in [1.165, 1.54) is 0 Å². The maximum Gasteiger partial charge on any atom is 0.345 e. The summed E-state index contributed by atoms with van der Waals surface area (Å²) >= 11 is 12.1. The average Bonchev–Trinajstić information content (AvgIpc) is 2.73. The fourth-order valence-corrected chi connectivity index (χ4v) is 3.62. The Bertz CT molecular complexity index is 1210. The van der Waals surface area contributed by atoms with Crippen LogP contribution in [0.3, 0.4) is 0 Å². The number of carbonyl (C=O) groups is 1. The van der Waals surface area contributed by atoms with Gasteiger partial charge >= 0.3 is 5.97 Å². The Morgan fingerprint density at radius 2 is 1.80 bits per heavy atom. The Hall–Kier alpha value is -3.46. The lowest BCUT2D eigenvalue weighted by molar-refractivity contribution is 0.0734. The summed E-state index contributed by atoms with van der Waals surface area (Å²) in [5.74, 6) is -0.353. The summed E-state index contributed by atoms with van der Waals surface area (Å²) in [5, 5.41) is 10.5. The summed E-state index contributed by atoms with van der Waals surface area (Å²) in [5.41, 5.74) is 8.12. The molecule has 148 valence electrons. The molecule has 0 saturated carbocycles. The van der Waals surface area contributed by atoms with Gasteiger partial charge in [0.1, 0.15) is 23.1 Å². The second kappa shape index (κ2) is 8.11. The zero-order chi connectivity index (χ0) is 21.3. The number of hydrogen-bond donors (Lipinski definition) is 1. The minimum absolute atomic E-state index is 0.000435. The Morgan fingerprint density at radius 3 is 2.50 bits per heavy atom. The summed E-state index contributed by atoms with van der Waals surface area (Å²) < 4.78 is 11.1. The largest absolute Gasteiger partial charge is 0.440 e. The van der Waals surface area contributed by atoms with Crippen molar-refractivity contribution in [2.24, 2.45) is 5.73 Å². The number of rotatable bonds is 3. The molecule has 30 heavy (non-hydrogen) atoms. The topological polar surface area (TPSA) is 85.3 Å². The zero-order valence-corrected chi connectivity index (χ0v) is 16.9. The summed E-state index contributed by atoms with van der Waals surface area (Å²) in [7, 11) is 0. The van der Waals surface area contributed by atoms with Gasteiger partial charge in [-0.15, -0.1) is 0 Å². The van der Waals surface area contributed by atoms with Crippen molar-refractivity contribution in [3.8, 4) is 17.6 Å². The molecule has 1 heterocycles. The highest BCUT2D eigenvalue weighted by atomic mass is 35.5. The maximum absolute atomic E-state index is 12.4. The molecule has 0 aromatic heterocycles. The predicted octanol–water partition coefficient (Wildman–Crippen LogP) is 5.43. The quantitative estimate of drug-likeness (QED) is 0.436. The summed E-state index contributed by atoms with van der Waals surface area (Å²) in [4.78, 5) is 12.4. The van der Waals surface area contributed by atoms with Gasteiger partial charge in [0, 0.05) is 16.7 Å². The average molecular weight is 437 g/mol. The minimum Gasteiger partial charge on any atom is -0.440 e. The lowest BCUT2D eigenvalue weighted by atomic mass is 9.83. The number of benzene rings is 3. The molecule has 0 fully saturated rings. The summed E-state index contributed by atoms with van der Waals surface area (Å²) in [6, 6.07) is 20.8. The third-order valence-corrected chi connectivity index (χ3v) is 5.28. The molecule has 2 N–H and O–H groups in total. The van der Waals surface area contributed by atoms with Gasteiger partial charge < -0.3 is 15.2 Å². The zero-order valence-electron chi connectivity index (χ0n) is 15.4. The van der Waals surface area contributed by atoms with Crippen LogP contribution >= 0.6 is 23.2 Å². The highest BCUT2D eigenvalue weighted by Crippen LogP contribution is 2.43. The summed E-state index contributed by atoms with van der Waals surface area (Å²) in [6.07, 6.45) is 0. The highest BCUT2D eigenvalue weighted by molar-refractivity contribution is 6.33. The Morgan fingerprint density at radius 1 is 1.07 bits per heavy atom. The second-order valence-electron chi connectivity index (χ2n) is 6.55. The van der Waals surface area contributed by atoms with E-state index in [0.29, 0.717) is 21.4 Å². The molecule has 1 aliphatic rings. The van der Waals surface area contributed by atoms with Gasteiger partial charge in [-0.25, -0.2) is 4.79 Å². The van der Waals surface area contributed by atoms with Gasteiger partial charge in [-0.1, -0.05) is 53.5 Å². The van der Waals surface area contributed by atoms with Gasteiger partial charge in [0.25, 0.3) is 0 Å². The molecule has 4 rings (SSSR count). The number of hydrogen-bond acceptors (Lipinski definition) is 5. The third-order valence-electron chi connectivity index (χ3n) is 4.70. The fraction of sp³-hybridized carbons (Fsp3) is 0.0435. The van der Waals surface area contributed by atoms with Crippen molar-refractivity contribution in [1.29, 1.82) is 5.26 Å². The molecular weight excluding hydrogens is 423 g/mol. The van der Waals surface area contributed by atoms with E-state index in [2.05, 4.69) is 6.07 Å². The molecular formula is C23H14Cl2N2O3. The number of carbonyl (C=O) groups excluding carboxylic acids is 1. The lowest BCUT2D eigenvalue weighted by Gasteiger charge is -2.26. The molecule has 5 nitrogen and oxygen atoms in total. The molecule has 3 aromatic carbocycles. The standard InChI is InChI=1S/C23H14Cl2N2O3/c24-14-7-5-13(6-8-14)21-17-10-9-15(11-20(17)30-22(27)18(21)12-26)29-23(28)16-3-1-2-4-19(16)25/h1-11,21H,27H2. The Kier molecular flexibility index (Phi) is 5.37. The van der Waals surface area contributed by atoms with Gasteiger partial charge in [0.2, 0.25) is 5.88 Å². The normalized spacial score (nSPS) is 15.0. The van der Waals surface area contributed by atoms with E-state index in [-0.39, 0.29) is 17.2 Å². The van der Waals surface area contributed by atoms with Crippen molar-refractivity contribution in [1.82, 2.24) is 0 Å². The highest BCUT2D eigenvalue weighted by Gasteiger charge is 2.31. The van der Waals surface area contributed by atoms with Crippen molar-refractivity contribution in [2.75, 3.05) is 0 Å². The van der Waals surface area contributed by atoms with Crippen molar-refractivity contribution in [2.45, 2.75) is 5.92 Å². The van der Waals surface area contributed by atoms with Crippen LogP contribution in [0.15, 0.2) is 78.2 Å². The van der Waals surface area contributed by atoms with Crippen LogP contribution in [-0.4, -0.2) is 5.97 Å². The molecule has 1 atom stereocenters. The molecule has 3 aromatic rings. The van der Waals surface area contributed by atoms with E-state index in [1.807, 2.05) is 12.1 Å². The summed E-state index contributed by atoms with van der Waals surface area (Å²) in [6.45, 7) is 0. The van der Waals surface area contributed by atoms with Crippen LogP contribution in [-0.2, 0) is 0 Å². The van der Waals surface area contributed by atoms with Gasteiger partial charge in [-0.05, 0) is 35.9 Å². The first-order valence-electron chi connectivity index (χ1n) is 8.91. The van der Waals surface area contributed by atoms with Crippen LogP contribution in [0.1, 0.15) is 27.4 Å². The molecule has 0 bridgehead atoms. The number of nitrogens with zero attached hydrogens (tertiary/aromatic N) is 1. The number of nitrogens with two attached hydrogens (primary N) is 1. The van der Waals surface area contributed by atoms with E-state index in [9.17, 15) is 10.1 Å². The number of fused-ring (bicyclic) bond motifs is 1. The van der Waals surface area contributed by atoms with E-state index in [0.717, 1.165) is 11.1 Å². The monoisotopic (exact) mass is 436 g/mol. The third kappa shape index (κ3) is 3.71. The first-order chi connectivity index (χ1) is 14.5. The van der Waals surface area contributed by atoms with E-state index in [1.54, 1.807) is 54.6 Å². The van der Waals surface area contributed by atoms with Crippen LogP contribution in [0.25, 0.3) is 0 Å². The number of halogens is 2. The molecule has 1 unspecified atom stereocenters. The Labute approximate surface area is 182 Å². The van der Waals surface area contributed by atoms with Crippen LogP contribution < -0.4 is 15.2 Å². The second-order valence-corrected chi connectivity index (χ2v) is 7.39. The van der Waals surface area contributed by atoms with E-state index < -0.39 is 11.9 Å². The number of ether oxygens (including phenoxy) is 2. The first-order valence-corrected chi connectivity index (χ1v) is 9.67. The molecule has 7 heteroatoms. The molecule has 0 radical (unpaired) electrons. The van der Waals surface area contributed by atoms with Gasteiger partial charge in [0.15, 0.2) is 0 Å². The van der Waals surface area contributed by atoms with Crippen molar-refractivity contribution < 1.29 is 14.3 Å². The lowest BCUT2D eigenvalue weighted by Crippen LogP contribution is -2.21. The van der Waals surface area contributed by atoms with Crippen LogP contribution in [0, 0.1) is 11.3 Å². The maximum atomic E-state index is 12.4. The van der Waals surface area contributed by atoms with Crippen molar-refractivity contribution in [3.05, 3.63) is 105 Å². The van der Waals surface area contributed by atoms with Crippen LogP contribution in [0.2, 0.25) is 10.0 Å². The number of esters is 1. The van der Waals surface area contributed by atoms with Crippen molar-refractivity contribution in [3.63, 3.8) is 0 Å². The van der Waals surface area contributed by atoms with Gasteiger partial charge in [0.05, 0.1) is 16.5 Å². The minimum atomic E-state index is -0.591. The molecule has 1 aliphatic heterocycles. The number of allylic oxidation sites excluding steroid dienone is 1. The Balaban J connectivity index is 1.70. The van der Waals surface area contributed by atoms with Crippen LogP contribution in [0.4, 0.5) is 0 Å². The van der Waals surface area contributed by atoms with E-state index in [4.69, 9.17) is 38.4 Å². The number of nitriles is 1. The van der Waals surface area contributed by atoms with Gasteiger partial charge in [-0.3, -0.25) is 0 Å². The molecule has 0 spiro atoms. The first kappa shape index (κ1) is 19.8. The molecule has 0 amide bonds. The van der Waals surface area contributed by atoms with Crippen molar-refractivity contribution >= 4 is 29.2 Å².